The van der Waals surface area contributed by atoms with Crippen LogP contribution in [0.2, 0.25) is 0 Å². The van der Waals surface area contributed by atoms with E-state index in [-0.39, 0.29) is 30.9 Å². The Kier molecular flexibility index (Phi) is 11.3. The highest BCUT2D eigenvalue weighted by atomic mass is 35.5. The minimum Gasteiger partial charge on any atom is -0.469 e. The second-order valence-corrected chi connectivity index (χ2v) is 10.3. The molecular weight excluding hydrogens is 554 g/mol. The van der Waals surface area contributed by atoms with E-state index in [1.165, 1.54) is 25.9 Å². The topological polar surface area (TPSA) is 167 Å². The number of methoxy groups -OCH3 is 1. The molecule has 1 aliphatic rings. The molecule has 0 spiro atoms. The molecule has 41 heavy (non-hydrogen) atoms. The van der Waals surface area contributed by atoms with Crippen molar-refractivity contribution in [3.05, 3.63) is 36.0 Å². The largest absolute Gasteiger partial charge is 0.469 e. The summed E-state index contributed by atoms with van der Waals surface area (Å²) < 4.78 is 4.49. The maximum Gasteiger partial charge on any atom is 0.306 e. The number of aromatic amines is 1. The number of hydrogen-bond donors (Lipinski definition) is 4. The number of Topliss-reactive ketones (excluding diaryl/α,β-unsaturated/α-hetero) is 1. The Morgan fingerprint density at radius 3 is 2.49 bits per heavy atom. The van der Waals surface area contributed by atoms with Gasteiger partial charge in [0.05, 0.1) is 25.5 Å². The number of ketones is 1. The Bertz CT molecular complexity index is 1300. The molecule has 0 radical (unpaired) electrons. The number of ether oxygens (including phenoxy) is 1. The van der Waals surface area contributed by atoms with Gasteiger partial charge in [0.25, 0.3) is 0 Å². The number of carbonyl (C=O) groups is 6. The summed E-state index contributed by atoms with van der Waals surface area (Å²) in [5.41, 5.74) is 1.76. The number of benzene rings is 1. The Morgan fingerprint density at radius 2 is 1.78 bits per heavy atom. The van der Waals surface area contributed by atoms with Crippen LogP contribution in [0.4, 0.5) is 0 Å². The van der Waals surface area contributed by atoms with Crippen molar-refractivity contribution in [1.82, 2.24) is 25.8 Å². The molecule has 1 fully saturated rings. The van der Waals surface area contributed by atoms with Crippen molar-refractivity contribution in [2.45, 2.75) is 70.1 Å². The maximum absolute atomic E-state index is 13.3. The van der Waals surface area contributed by atoms with E-state index in [4.69, 9.17) is 11.6 Å². The average molecular weight is 590 g/mol. The number of hydrogen-bond acceptors (Lipinski definition) is 7. The van der Waals surface area contributed by atoms with Gasteiger partial charge in [0.2, 0.25) is 23.6 Å². The van der Waals surface area contributed by atoms with Gasteiger partial charge in [0.1, 0.15) is 18.1 Å². The molecule has 1 saturated heterocycles. The van der Waals surface area contributed by atoms with Gasteiger partial charge in [-0.1, -0.05) is 18.2 Å². The van der Waals surface area contributed by atoms with E-state index in [9.17, 15) is 28.8 Å². The molecule has 2 heterocycles. The third-order valence-corrected chi connectivity index (χ3v) is 7.32. The second-order valence-electron chi connectivity index (χ2n) is 10.0. The van der Waals surface area contributed by atoms with Gasteiger partial charge < -0.3 is 30.6 Å². The van der Waals surface area contributed by atoms with Gasteiger partial charge in [-0.15, -0.1) is 11.6 Å². The van der Waals surface area contributed by atoms with Gasteiger partial charge in [0.15, 0.2) is 5.78 Å². The summed E-state index contributed by atoms with van der Waals surface area (Å²) in [4.78, 5) is 79.6. The lowest BCUT2D eigenvalue weighted by Gasteiger charge is -2.29. The Hall–Kier alpha value is -3.93. The van der Waals surface area contributed by atoms with Crippen LogP contribution in [0, 0.1) is 0 Å². The van der Waals surface area contributed by atoms with Crippen molar-refractivity contribution in [1.29, 1.82) is 0 Å². The first-order chi connectivity index (χ1) is 19.5. The molecule has 3 rings (SSSR count). The molecule has 1 aromatic heterocycles. The molecule has 1 aromatic carbocycles. The number of amides is 4. The highest BCUT2D eigenvalue weighted by Crippen LogP contribution is 2.21. The first-order valence-corrected chi connectivity index (χ1v) is 14.0. The molecule has 222 valence electrons. The zero-order chi connectivity index (χ0) is 30.1. The number of fused-ring (bicyclic) bond motifs is 1. The molecule has 12 nitrogen and oxygen atoms in total. The summed E-state index contributed by atoms with van der Waals surface area (Å²) in [6.45, 7) is 3.26. The summed E-state index contributed by atoms with van der Waals surface area (Å²) in [7, 11) is 1.21. The van der Waals surface area contributed by atoms with E-state index in [1.54, 1.807) is 6.20 Å². The van der Waals surface area contributed by atoms with Crippen molar-refractivity contribution in [2.75, 3.05) is 19.5 Å². The fourth-order valence-corrected chi connectivity index (χ4v) is 4.96. The summed E-state index contributed by atoms with van der Waals surface area (Å²) in [5.74, 6) is -3.20. The Labute approximate surface area is 242 Å². The van der Waals surface area contributed by atoms with Crippen molar-refractivity contribution in [2.24, 2.45) is 0 Å². The molecular formula is C28H36ClN5O7. The molecule has 0 bridgehead atoms. The van der Waals surface area contributed by atoms with E-state index < -0.39 is 53.8 Å². The van der Waals surface area contributed by atoms with Gasteiger partial charge in [-0.2, -0.15) is 0 Å². The van der Waals surface area contributed by atoms with E-state index in [0.717, 1.165) is 16.5 Å². The number of carbonyl (C=O) groups excluding carboxylic acids is 6. The number of likely N-dealkylation sites (tertiary alicyclic amines) is 1. The maximum atomic E-state index is 13.3. The number of rotatable bonds is 13. The highest BCUT2D eigenvalue weighted by molar-refractivity contribution is 6.28. The molecule has 4 N–H and O–H groups in total. The van der Waals surface area contributed by atoms with Crippen LogP contribution in [0.3, 0.4) is 0 Å². The van der Waals surface area contributed by atoms with Gasteiger partial charge in [-0.25, -0.2) is 0 Å². The first-order valence-electron chi connectivity index (χ1n) is 13.5. The van der Waals surface area contributed by atoms with Crippen LogP contribution in [0.15, 0.2) is 30.5 Å². The Balaban J connectivity index is 1.59. The van der Waals surface area contributed by atoms with Gasteiger partial charge in [0, 0.05) is 36.5 Å². The lowest BCUT2D eigenvalue weighted by molar-refractivity contribution is -0.142. The molecule has 0 unspecified atom stereocenters. The molecule has 0 aliphatic carbocycles. The monoisotopic (exact) mass is 589 g/mol. The second kappa shape index (κ2) is 14.6. The molecule has 0 saturated carbocycles. The number of aromatic nitrogens is 1. The minimum atomic E-state index is -0.975. The summed E-state index contributed by atoms with van der Waals surface area (Å²) in [6, 6.07) is 3.99. The molecule has 4 atom stereocenters. The van der Waals surface area contributed by atoms with Crippen molar-refractivity contribution in [3.63, 3.8) is 0 Å². The van der Waals surface area contributed by atoms with Gasteiger partial charge >= 0.3 is 5.97 Å². The van der Waals surface area contributed by atoms with Crippen molar-refractivity contribution in [3.8, 4) is 0 Å². The minimum absolute atomic E-state index is 0.122. The van der Waals surface area contributed by atoms with Crippen LogP contribution in [0.5, 0.6) is 0 Å². The SMILES string of the molecule is COC(=O)CCC(=O)N[C@@H](C)C(=O)N[C@@H](C)C(=O)N1CCC[C@H]1C(=O)N[C@@H](Cc1c[nH]c2ccccc12)C(=O)CCl. The van der Waals surface area contributed by atoms with Crippen LogP contribution in [0.1, 0.15) is 45.1 Å². The predicted molar refractivity (Wildman–Crippen MR) is 151 cm³/mol. The van der Waals surface area contributed by atoms with Crippen LogP contribution in [-0.2, 0) is 39.9 Å². The number of para-hydroxylation sites is 1. The highest BCUT2D eigenvalue weighted by Gasteiger charge is 2.38. The van der Waals surface area contributed by atoms with E-state index >= 15 is 0 Å². The fraction of sp³-hybridized carbons (Fsp3) is 0.500. The van der Waals surface area contributed by atoms with Gasteiger partial charge in [-0.05, 0) is 38.3 Å². The molecule has 1 aliphatic heterocycles. The number of alkyl halides is 1. The standard InChI is InChI=1S/C28H36ClN5O7/c1-16(31-24(36)10-11-25(37)41-3)26(38)32-17(2)28(40)34-12-6-9-22(34)27(39)33-21(23(35)14-29)13-18-15-30-20-8-5-4-7-19(18)20/h4-5,7-8,15-17,21-22,30H,6,9-14H2,1-3H3,(H,31,36)(H,32,38)(H,33,39)/t16-,17-,21-,22-/m0/s1. The van der Waals surface area contributed by atoms with Crippen molar-refractivity contribution >= 4 is 57.9 Å². The van der Waals surface area contributed by atoms with E-state index in [2.05, 4.69) is 25.7 Å². The van der Waals surface area contributed by atoms with Crippen LogP contribution < -0.4 is 16.0 Å². The third-order valence-electron chi connectivity index (χ3n) is 7.06. The molecule has 2 aromatic rings. The van der Waals surface area contributed by atoms with E-state index in [1.807, 2.05) is 24.3 Å². The summed E-state index contributed by atoms with van der Waals surface area (Å²) >= 11 is 5.85. The smallest absolute Gasteiger partial charge is 0.306 e. The zero-order valence-electron chi connectivity index (χ0n) is 23.3. The lowest BCUT2D eigenvalue weighted by atomic mass is 10.0. The molecule has 4 amide bonds. The predicted octanol–water partition coefficient (Wildman–Crippen LogP) is 0.957. The number of esters is 1. The number of nitrogens with one attached hydrogen (secondary N) is 4. The average Bonchev–Trinajstić information content (AvgIpc) is 3.62. The number of nitrogens with zero attached hydrogens (tertiary/aromatic N) is 1. The number of halogens is 1. The van der Waals surface area contributed by atoms with Crippen LogP contribution in [-0.4, -0.2) is 89.0 Å². The van der Waals surface area contributed by atoms with Gasteiger partial charge in [-0.3, -0.25) is 28.8 Å². The molecule has 13 heteroatoms. The van der Waals surface area contributed by atoms with Crippen LogP contribution in [0.25, 0.3) is 10.9 Å². The fourth-order valence-electron chi connectivity index (χ4n) is 4.78. The quantitative estimate of drug-likeness (QED) is 0.199. The van der Waals surface area contributed by atoms with E-state index in [0.29, 0.717) is 19.4 Å². The number of H-pyrrole nitrogens is 1. The lowest BCUT2D eigenvalue weighted by Crippen LogP contribution is -2.56. The summed E-state index contributed by atoms with van der Waals surface area (Å²) in [5, 5.41) is 8.77. The van der Waals surface area contributed by atoms with Crippen LogP contribution >= 0.6 is 11.6 Å². The normalized spacial score (nSPS) is 16.9. The first kappa shape index (κ1) is 31.6. The Morgan fingerprint density at radius 1 is 1.05 bits per heavy atom. The third kappa shape index (κ3) is 8.29. The zero-order valence-corrected chi connectivity index (χ0v) is 24.1. The van der Waals surface area contributed by atoms with Crippen molar-refractivity contribution < 1.29 is 33.5 Å². The summed E-state index contributed by atoms with van der Waals surface area (Å²) in [6.07, 6.45) is 2.74.